The van der Waals surface area contributed by atoms with Gasteiger partial charge in [-0.1, -0.05) is 139 Å². The van der Waals surface area contributed by atoms with Crippen molar-refractivity contribution >= 4 is 23.8 Å². The lowest BCUT2D eigenvalue weighted by molar-refractivity contribution is -0.202. The summed E-state index contributed by atoms with van der Waals surface area (Å²) < 4.78 is 17.6. The summed E-state index contributed by atoms with van der Waals surface area (Å²) in [5.41, 5.74) is -0.0529. The number of hydrogen-bond acceptors (Lipinski definition) is 8. The van der Waals surface area contributed by atoms with Crippen molar-refractivity contribution in [2.24, 2.45) is 0 Å². The van der Waals surface area contributed by atoms with Crippen molar-refractivity contribution in [3.63, 3.8) is 0 Å². The van der Waals surface area contributed by atoms with Crippen molar-refractivity contribution < 1.29 is 34.0 Å². The van der Waals surface area contributed by atoms with E-state index in [0.29, 0.717) is 0 Å². The molecular weight excluding hydrogens is 637 g/mol. The van der Waals surface area contributed by atoms with Gasteiger partial charge in [0.05, 0.1) is 26.4 Å². The number of carbonyl (C=O) groups excluding carboxylic acids is 2. The van der Waals surface area contributed by atoms with Gasteiger partial charge in [0.2, 0.25) is 5.60 Å². The molecule has 0 spiro atoms. The van der Waals surface area contributed by atoms with Crippen LogP contribution in [0.15, 0.2) is 161 Å². The SMILES string of the molecule is CC(=O)[C@](O)(C=O)[C@@H](OCc1ccccc1)[C@H](OCc1ccccc1)[C@H](O)COCc1ccccc1.c1ccc(Sc2ccccc2)cc1. The first-order valence-corrected chi connectivity index (χ1v) is 16.8. The minimum Gasteiger partial charge on any atom is -0.388 e. The van der Waals surface area contributed by atoms with Gasteiger partial charge in [0, 0.05) is 9.79 Å². The van der Waals surface area contributed by atoms with E-state index in [9.17, 15) is 19.8 Å². The van der Waals surface area contributed by atoms with E-state index in [1.807, 2.05) is 103 Å². The number of aldehydes is 1. The molecule has 0 bridgehead atoms. The van der Waals surface area contributed by atoms with Crippen molar-refractivity contribution in [3.05, 3.63) is 168 Å². The van der Waals surface area contributed by atoms with Crippen LogP contribution in [0.4, 0.5) is 0 Å². The Morgan fingerprint density at radius 1 is 0.653 bits per heavy atom. The van der Waals surface area contributed by atoms with Gasteiger partial charge in [0.15, 0.2) is 12.1 Å². The number of aliphatic hydroxyl groups excluding tert-OH is 1. The van der Waals surface area contributed by atoms with Crippen LogP contribution in [0.3, 0.4) is 0 Å². The summed E-state index contributed by atoms with van der Waals surface area (Å²) in [6.07, 6.45) is -3.93. The van der Waals surface area contributed by atoms with E-state index in [0.717, 1.165) is 23.6 Å². The topological polar surface area (TPSA) is 102 Å². The minimum absolute atomic E-state index is 0.0161. The predicted octanol–water partition coefficient (Wildman–Crippen LogP) is 7.09. The largest absolute Gasteiger partial charge is 0.388 e. The van der Waals surface area contributed by atoms with Crippen LogP contribution in [0, 0.1) is 0 Å². The molecule has 0 amide bonds. The maximum atomic E-state index is 12.4. The summed E-state index contributed by atoms with van der Waals surface area (Å²) in [5.74, 6) is -0.818. The van der Waals surface area contributed by atoms with Gasteiger partial charge < -0.3 is 24.4 Å². The van der Waals surface area contributed by atoms with E-state index < -0.39 is 29.7 Å². The van der Waals surface area contributed by atoms with E-state index in [1.54, 1.807) is 11.8 Å². The molecular formula is C41H42O7S. The Morgan fingerprint density at radius 3 is 1.45 bits per heavy atom. The van der Waals surface area contributed by atoms with Gasteiger partial charge in [-0.2, -0.15) is 0 Å². The molecule has 254 valence electrons. The van der Waals surface area contributed by atoms with Gasteiger partial charge in [-0.15, -0.1) is 0 Å². The van der Waals surface area contributed by atoms with Gasteiger partial charge >= 0.3 is 0 Å². The zero-order valence-electron chi connectivity index (χ0n) is 27.4. The third-order valence-corrected chi connectivity index (χ3v) is 8.55. The van der Waals surface area contributed by atoms with Gasteiger partial charge in [-0.25, -0.2) is 0 Å². The number of rotatable bonds is 17. The van der Waals surface area contributed by atoms with Crippen LogP contribution < -0.4 is 0 Å². The van der Waals surface area contributed by atoms with Crippen LogP contribution in [-0.2, 0) is 43.6 Å². The molecule has 0 saturated carbocycles. The fourth-order valence-electron chi connectivity index (χ4n) is 4.83. The fourth-order valence-corrected chi connectivity index (χ4v) is 5.69. The van der Waals surface area contributed by atoms with E-state index in [4.69, 9.17) is 14.2 Å². The summed E-state index contributed by atoms with van der Waals surface area (Å²) in [4.78, 5) is 27.0. The fraction of sp³-hybridized carbons (Fsp3) is 0.220. The molecule has 0 aliphatic heterocycles. The number of Topliss-reactive ketones (excluding diaryl/α,β-unsaturated/α-hetero) is 1. The lowest BCUT2D eigenvalue weighted by atomic mass is 9.87. The van der Waals surface area contributed by atoms with Gasteiger partial charge in [0.1, 0.15) is 18.3 Å². The first kappa shape index (κ1) is 37.4. The van der Waals surface area contributed by atoms with Crippen LogP contribution >= 0.6 is 11.8 Å². The lowest BCUT2D eigenvalue weighted by Gasteiger charge is -2.37. The second-order valence-corrected chi connectivity index (χ2v) is 12.4. The molecule has 0 saturated heterocycles. The monoisotopic (exact) mass is 678 g/mol. The smallest absolute Gasteiger partial charge is 0.206 e. The molecule has 7 nitrogen and oxygen atoms in total. The Labute approximate surface area is 292 Å². The standard InChI is InChI=1S/C29H32O7.C12H10S/c1-22(31)29(33,21-30)28(36-19-25-15-9-4-10-16-25)27(35-18-24-13-7-3-8-14-24)26(32)20-34-17-23-11-5-2-6-12-23;1-3-7-11(8-4-1)13-12-9-5-2-6-10-12/h2-16,21,26-28,32-33H,17-20H2,1H3;1-10H/t26-,27-,28+,29-;/m1./s1. The Kier molecular flexibility index (Phi) is 15.4. The summed E-state index contributed by atoms with van der Waals surface area (Å²) in [5, 5.41) is 22.2. The number of carbonyl (C=O) groups is 2. The second kappa shape index (κ2) is 20.2. The average molecular weight is 679 g/mol. The van der Waals surface area contributed by atoms with Crippen LogP contribution in [0.5, 0.6) is 0 Å². The van der Waals surface area contributed by atoms with Crippen molar-refractivity contribution in [1.29, 1.82) is 0 Å². The zero-order chi connectivity index (χ0) is 34.7. The van der Waals surface area contributed by atoms with E-state index in [1.165, 1.54) is 9.79 Å². The minimum atomic E-state index is -2.53. The number of ketones is 1. The van der Waals surface area contributed by atoms with Crippen molar-refractivity contribution in [1.82, 2.24) is 0 Å². The van der Waals surface area contributed by atoms with E-state index in [-0.39, 0.29) is 32.7 Å². The summed E-state index contributed by atoms with van der Waals surface area (Å²) in [7, 11) is 0. The van der Waals surface area contributed by atoms with Crippen molar-refractivity contribution in [3.8, 4) is 0 Å². The van der Waals surface area contributed by atoms with E-state index >= 15 is 0 Å². The zero-order valence-corrected chi connectivity index (χ0v) is 28.2. The van der Waals surface area contributed by atoms with Crippen LogP contribution in [0.1, 0.15) is 23.6 Å². The van der Waals surface area contributed by atoms with Crippen molar-refractivity contribution in [2.45, 2.75) is 60.4 Å². The molecule has 4 atom stereocenters. The molecule has 5 aromatic carbocycles. The highest BCUT2D eigenvalue weighted by Gasteiger charge is 2.49. The van der Waals surface area contributed by atoms with Gasteiger partial charge in [0.25, 0.3) is 0 Å². The summed E-state index contributed by atoms with van der Waals surface area (Å²) in [6, 6.07) is 48.6. The van der Waals surface area contributed by atoms with Crippen LogP contribution in [0.25, 0.3) is 0 Å². The van der Waals surface area contributed by atoms with Crippen molar-refractivity contribution in [2.75, 3.05) is 6.61 Å². The molecule has 0 aliphatic rings. The molecule has 0 heterocycles. The molecule has 5 rings (SSSR count). The molecule has 8 heteroatoms. The van der Waals surface area contributed by atoms with Crippen LogP contribution in [0.2, 0.25) is 0 Å². The maximum absolute atomic E-state index is 12.4. The Balaban J connectivity index is 0.000000344. The highest BCUT2D eigenvalue weighted by Crippen LogP contribution is 2.27. The number of ether oxygens (including phenoxy) is 3. The molecule has 5 aromatic rings. The molecule has 0 aromatic heterocycles. The third kappa shape index (κ3) is 12.2. The summed E-state index contributed by atoms with van der Waals surface area (Å²) >= 11 is 1.79. The van der Waals surface area contributed by atoms with Crippen LogP contribution in [-0.4, -0.2) is 52.8 Å². The van der Waals surface area contributed by atoms with Gasteiger partial charge in [-0.05, 0) is 47.9 Å². The number of benzene rings is 5. The average Bonchev–Trinajstić information content (AvgIpc) is 3.15. The second-order valence-electron chi connectivity index (χ2n) is 11.3. The Morgan fingerprint density at radius 2 is 1.04 bits per heavy atom. The maximum Gasteiger partial charge on any atom is 0.206 e. The first-order chi connectivity index (χ1) is 23.9. The molecule has 0 fully saturated rings. The Hall–Kier alpha value is -4.41. The highest BCUT2D eigenvalue weighted by molar-refractivity contribution is 7.99. The molecule has 0 aliphatic carbocycles. The lowest BCUT2D eigenvalue weighted by Crippen LogP contribution is -2.60. The predicted molar refractivity (Wildman–Crippen MR) is 191 cm³/mol. The quantitative estimate of drug-likeness (QED) is 0.0794. The molecule has 49 heavy (non-hydrogen) atoms. The first-order valence-electron chi connectivity index (χ1n) is 16.0. The molecule has 0 unspecified atom stereocenters. The summed E-state index contributed by atoms with van der Waals surface area (Å²) in [6.45, 7) is 1.20. The molecule has 2 N–H and O–H groups in total. The van der Waals surface area contributed by atoms with Gasteiger partial charge in [-0.3, -0.25) is 9.59 Å². The normalized spacial score (nSPS) is 13.9. The molecule has 0 radical (unpaired) electrons. The number of aliphatic hydroxyl groups is 2. The van der Waals surface area contributed by atoms with E-state index in [2.05, 4.69) is 48.5 Å². The highest BCUT2D eigenvalue weighted by atomic mass is 32.2. The third-order valence-electron chi connectivity index (χ3n) is 7.53. The number of hydrogen-bond donors (Lipinski definition) is 2. The Bertz CT molecular complexity index is 1600.